The first kappa shape index (κ1) is 13.7. The Bertz CT molecular complexity index is 967. The second-order valence-corrected chi connectivity index (χ2v) is 6.83. The van der Waals surface area contributed by atoms with E-state index in [1.165, 1.54) is 0 Å². The molecule has 0 aliphatic heterocycles. The van der Waals surface area contributed by atoms with E-state index in [0.717, 1.165) is 42.2 Å². The highest BCUT2D eigenvalue weighted by Crippen LogP contribution is 2.42. The van der Waals surface area contributed by atoms with Gasteiger partial charge in [0.15, 0.2) is 11.5 Å². The average Bonchev–Trinajstić information content (AvgIpc) is 3.09. The van der Waals surface area contributed by atoms with E-state index in [4.69, 9.17) is 0 Å². The van der Waals surface area contributed by atoms with Crippen LogP contribution in [0.1, 0.15) is 12.8 Å². The van der Waals surface area contributed by atoms with Crippen LogP contribution in [0.2, 0.25) is 0 Å². The maximum absolute atomic E-state index is 4.66. The van der Waals surface area contributed by atoms with E-state index in [1.807, 2.05) is 46.7 Å². The van der Waals surface area contributed by atoms with Crippen LogP contribution < -0.4 is 5.32 Å². The van der Waals surface area contributed by atoms with Gasteiger partial charge in [0, 0.05) is 29.9 Å². The number of nitrogens with one attached hydrogen (secondary N) is 1. The van der Waals surface area contributed by atoms with Gasteiger partial charge in [0.2, 0.25) is 0 Å². The Morgan fingerprint density at radius 2 is 2.17 bits per heavy atom. The molecule has 120 valence electrons. The summed E-state index contributed by atoms with van der Waals surface area (Å²) in [4.78, 5) is 0. The highest BCUT2D eigenvalue weighted by molar-refractivity contribution is 7.08. The lowest BCUT2D eigenvalue weighted by Gasteiger charge is -2.17. The smallest absolute Gasteiger partial charge is 0.186 e. The summed E-state index contributed by atoms with van der Waals surface area (Å²) >= 11 is 1.64. The lowest BCUT2D eigenvalue weighted by molar-refractivity contribution is 0.452. The number of hydrogen-bond acceptors (Lipinski definition) is 6. The first-order valence-electron chi connectivity index (χ1n) is 7.83. The number of thiophene rings is 1. The van der Waals surface area contributed by atoms with Crippen molar-refractivity contribution < 1.29 is 0 Å². The lowest BCUT2D eigenvalue weighted by Crippen LogP contribution is -2.27. The number of fused-ring (bicyclic) bond motifs is 1. The highest BCUT2D eigenvalue weighted by atomic mass is 32.1. The van der Waals surface area contributed by atoms with Crippen molar-refractivity contribution in [3.05, 3.63) is 47.4 Å². The van der Waals surface area contributed by atoms with Gasteiger partial charge < -0.3 is 5.32 Å². The standard InChI is InChI=1S/C16H15N7S/c1-7-18-22(8-1)16(5-6-16)11-17-13-2-3-14-19-20-15(23(14)21-13)12-4-9-24-10-12/h1-4,7-10H,5-6,11H2,(H,17,21). The zero-order valence-corrected chi connectivity index (χ0v) is 13.6. The number of hydrogen-bond donors (Lipinski definition) is 1. The molecule has 1 N–H and O–H groups in total. The second-order valence-electron chi connectivity index (χ2n) is 6.05. The fourth-order valence-corrected chi connectivity index (χ4v) is 3.52. The zero-order chi connectivity index (χ0) is 16.0. The normalized spacial score (nSPS) is 15.7. The molecule has 1 fully saturated rings. The largest absolute Gasteiger partial charge is 0.366 e. The molecule has 0 spiro atoms. The summed E-state index contributed by atoms with van der Waals surface area (Å²) in [6, 6.07) is 7.88. The van der Waals surface area contributed by atoms with E-state index in [1.54, 1.807) is 15.9 Å². The van der Waals surface area contributed by atoms with E-state index in [9.17, 15) is 0 Å². The van der Waals surface area contributed by atoms with Gasteiger partial charge in [-0.25, -0.2) is 0 Å². The van der Waals surface area contributed by atoms with E-state index in [2.05, 4.69) is 31.1 Å². The summed E-state index contributed by atoms with van der Waals surface area (Å²) in [5.41, 5.74) is 1.87. The summed E-state index contributed by atoms with van der Waals surface area (Å²) in [7, 11) is 0. The molecule has 0 bridgehead atoms. The topological polar surface area (TPSA) is 72.9 Å². The van der Waals surface area contributed by atoms with E-state index < -0.39 is 0 Å². The molecule has 0 atom stereocenters. The molecule has 7 nitrogen and oxygen atoms in total. The van der Waals surface area contributed by atoms with Crippen LogP contribution in [0, 0.1) is 0 Å². The Kier molecular flexibility index (Phi) is 2.93. The minimum absolute atomic E-state index is 0.0868. The third-order valence-corrected chi connectivity index (χ3v) is 5.14. The maximum Gasteiger partial charge on any atom is 0.186 e. The van der Waals surface area contributed by atoms with Gasteiger partial charge in [-0.05, 0) is 42.5 Å². The van der Waals surface area contributed by atoms with Crippen LogP contribution in [0.4, 0.5) is 5.82 Å². The zero-order valence-electron chi connectivity index (χ0n) is 12.8. The summed E-state index contributed by atoms with van der Waals surface area (Å²) in [6.45, 7) is 0.809. The molecule has 1 aliphatic carbocycles. The number of anilines is 1. The predicted octanol–water partition coefficient (Wildman–Crippen LogP) is 2.65. The van der Waals surface area contributed by atoms with Gasteiger partial charge in [0.05, 0.1) is 5.54 Å². The first-order chi connectivity index (χ1) is 11.8. The number of nitrogens with zero attached hydrogens (tertiary/aromatic N) is 6. The van der Waals surface area contributed by atoms with E-state index in [-0.39, 0.29) is 5.54 Å². The summed E-state index contributed by atoms with van der Waals surface area (Å²) in [5.74, 6) is 1.58. The second kappa shape index (κ2) is 5.13. The lowest BCUT2D eigenvalue weighted by atomic mass is 10.2. The molecule has 0 amide bonds. The SMILES string of the molecule is c1cnn(C2(CNc3ccc4nnc(-c5ccsc5)n4n3)CC2)c1. The molecule has 0 aromatic carbocycles. The molecule has 0 radical (unpaired) electrons. The molecule has 8 heteroatoms. The monoisotopic (exact) mass is 337 g/mol. The van der Waals surface area contributed by atoms with Crippen LogP contribution in [0.15, 0.2) is 47.4 Å². The number of aromatic nitrogens is 6. The molecule has 4 aromatic rings. The van der Waals surface area contributed by atoms with E-state index in [0.29, 0.717) is 0 Å². The van der Waals surface area contributed by atoms with Gasteiger partial charge in [-0.1, -0.05) is 0 Å². The van der Waals surface area contributed by atoms with Gasteiger partial charge in [-0.3, -0.25) is 4.68 Å². The molecular weight excluding hydrogens is 322 g/mol. The Morgan fingerprint density at radius 3 is 2.92 bits per heavy atom. The van der Waals surface area contributed by atoms with Crippen LogP contribution in [0.3, 0.4) is 0 Å². The van der Waals surface area contributed by atoms with Crippen molar-refractivity contribution in [2.24, 2.45) is 0 Å². The Labute approximate surface area is 142 Å². The molecule has 0 unspecified atom stereocenters. The molecule has 24 heavy (non-hydrogen) atoms. The number of rotatable bonds is 5. The van der Waals surface area contributed by atoms with Crippen molar-refractivity contribution in [3.8, 4) is 11.4 Å². The van der Waals surface area contributed by atoms with Gasteiger partial charge in [0.1, 0.15) is 5.82 Å². The molecular formula is C16H15N7S. The molecule has 1 aliphatic rings. The Morgan fingerprint density at radius 1 is 1.21 bits per heavy atom. The van der Waals surface area contributed by atoms with Crippen LogP contribution >= 0.6 is 11.3 Å². The molecule has 4 heterocycles. The van der Waals surface area contributed by atoms with Crippen molar-refractivity contribution in [2.75, 3.05) is 11.9 Å². The van der Waals surface area contributed by atoms with Crippen LogP contribution in [0.25, 0.3) is 17.0 Å². The Hall–Kier alpha value is -2.74. The van der Waals surface area contributed by atoms with Crippen molar-refractivity contribution in [3.63, 3.8) is 0 Å². The molecule has 4 aromatic heterocycles. The summed E-state index contributed by atoms with van der Waals surface area (Å²) in [5, 5.41) is 25.0. The van der Waals surface area contributed by atoms with Crippen molar-refractivity contribution in [1.82, 2.24) is 29.6 Å². The highest BCUT2D eigenvalue weighted by Gasteiger charge is 2.45. The van der Waals surface area contributed by atoms with Gasteiger partial charge in [-0.15, -0.1) is 15.3 Å². The molecule has 0 saturated heterocycles. The van der Waals surface area contributed by atoms with Crippen molar-refractivity contribution in [1.29, 1.82) is 0 Å². The van der Waals surface area contributed by atoms with Crippen LogP contribution in [-0.2, 0) is 5.54 Å². The van der Waals surface area contributed by atoms with E-state index >= 15 is 0 Å². The van der Waals surface area contributed by atoms with Gasteiger partial charge in [0.25, 0.3) is 0 Å². The summed E-state index contributed by atoms with van der Waals surface area (Å²) < 4.78 is 3.84. The minimum atomic E-state index is 0.0868. The fraction of sp³-hybridized carbons (Fsp3) is 0.250. The predicted molar refractivity (Wildman–Crippen MR) is 92.0 cm³/mol. The van der Waals surface area contributed by atoms with Crippen molar-refractivity contribution in [2.45, 2.75) is 18.4 Å². The maximum atomic E-state index is 4.66. The average molecular weight is 337 g/mol. The summed E-state index contributed by atoms with van der Waals surface area (Å²) in [6.07, 6.45) is 6.13. The fourth-order valence-electron chi connectivity index (χ4n) is 2.89. The van der Waals surface area contributed by atoms with Crippen LogP contribution in [-0.4, -0.2) is 36.1 Å². The van der Waals surface area contributed by atoms with Crippen LogP contribution in [0.5, 0.6) is 0 Å². The third-order valence-electron chi connectivity index (χ3n) is 4.46. The van der Waals surface area contributed by atoms with Gasteiger partial charge in [-0.2, -0.15) is 21.0 Å². The first-order valence-corrected chi connectivity index (χ1v) is 8.77. The third kappa shape index (κ3) is 2.18. The molecule has 5 rings (SSSR count). The van der Waals surface area contributed by atoms with Crippen molar-refractivity contribution >= 4 is 22.8 Å². The quantitative estimate of drug-likeness (QED) is 0.606. The van der Waals surface area contributed by atoms with Gasteiger partial charge >= 0.3 is 0 Å². The molecule has 1 saturated carbocycles. The Balaban J connectivity index is 1.43. The minimum Gasteiger partial charge on any atom is -0.366 e.